The fourth-order valence-electron chi connectivity index (χ4n) is 3.02. The fourth-order valence-corrected chi connectivity index (χ4v) is 5.17. The number of nitrogens with zero attached hydrogens (tertiary/aromatic N) is 2. The summed E-state index contributed by atoms with van der Waals surface area (Å²) in [5.41, 5.74) is 0.640. The minimum Gasteiger partial charge on any atom is -0.343 e. The van der Waals surface area contributed by atoms with E-state index >= 15 is 0 Å². The number of nitrogens with one attached hydrogen (secondary N) is 2. The Hall–Kier alpha value is -2.80. The van der Waals surface area contributed by atoms with E-state index in [9.17, 15) is 26.4 Å². The van der Waals surface area contributed by atoms with Gasteiger partial charge in [0.05, 0.1) is 9.79 Å². The Morgan fingerprint density at radius 2 is 1.42 bits per heavy atom. The van der Waals surface area contributed by atoms with Crippen LogP contribution in [0.3, 0.4) is 0 Å². The largest absolute Gasteiger partial charge is 0.343 e. The Labute approximate surface area is 181 Å². The molecule has 1 aliphatic heterocycles. The molecule has 166 valence electrons. The number of anilines is 1. The number of rotatable bonds is 7. The highest BCUT2D eigenvalue weighted by atomic mass is 32.2. The molecule has 2 aromatic carbocycles. The van der Waals surface area contributed by atoms with Crippen LogP contribution in [-0.2, 0) is 24.8 Å². The van der Waals surface area contributed by atoms with Crippen LogP contribution < -0.4 is 10.0 Å². The number of benzene rings is 2. The number of hydrogen-bond acceptors (Lipinski definition) is 6. The molecule has 0 radical (unpaired) electrons. The molecule has 3 rings (SSSR count). The van der Waals surface area contributed by atoms with Gasteiger partial charge in [0, 0.05) is 37.4 Å². The first kappa shape index (κ1) is 22.9. The van der Waals surface area contributed by atoms with E-state index in [1.165, 1.54) is 64.8 Å². The number of amides is 2. The van der Waals surface area contributed by atoms with E-state index in [-0.39, 0.29) is 28.4 Å². The van der Waals surface area contributed by atoms with Gasteiger partial charge < -0.3 is 10.2 Å². The molecule has 0 unspecified atom stereocenters. The number of carbonyl (C=O) groups is 2. The summed E-state index contributed by atoms with van der Waals surface area (Å²) in [5.74, 6) is -0.465. The number of piperazine rings is 1. The molecule has 0 saturated carbocycles. The molecule has 1 fully saturated rings. The summed E-state index contributed by atoms with van der Waals surface area (Å²) in [4.78, 5) is 24.9. The minimum absolute atomic E-state index is 0.0604. The Bertz CT molecular complexity index is 1150. The monoisotopic (exact) mass is 466 g/mol. The van der Waals surface area contributed by atoms with Crippen molar-refractivity contribution in [1.82, 2.24) is 13.9 Å². The normalized spacial score (nSPS) is 15.5. The average molecular weight is 467 g/mol. The van der Waals surface area contributed by atoms with Gasteiger partial charge >= 0.3 is 0 Å². The van der Waals surface area contributed by atoms with Crippen molar-refractivity contribution in [3.05, 3.63) is 54.1 Å². The van der Waals surface area contributed by atoms with E-state index < -0.39 is 26.0 Å². The van der Waals surface area contributed by atoms with Crippen LogP contribution in [0, 0.1) is 0 Å². The lowest BCUT2D eigenvalue weighted by molar-refractivity contribution is -0.119. The molecule has 1 saturated heterocycles. The highest BCUT2D eigenvalue weighted by Gasteiger charge is 2.28. The number of sulfonamides is 2. The van der Waals surface area contributed by atoms with Crippen molar-refractivity contribution in [2.24, 2.45) is 0 Å². The zero-order chi connectivity index (χ0) is 22.6. The molecule has 0 bridgehead atoms. The van der Waals surface area contributed by atoms with Crippen LogP contribution >= 0.6 is 0 Å². The molecule has 1 aliphatic rings. The van der Waals surface area contributed by atoms with Crippen molar-refractivity contribution in [2.45, 2.75) is 9.79 Å². The van der Waals surface area contributed by atoms with Gasteiger partial charge in [0.2, 0.25) is 26.5 Å². The molecule has 0 spiro atoms. The van der Waals surface area contributed by atoms with Crippen LogP contribution in [0.4, 0.5) is 5.69 Å². The molecule has 31 heavy (non-hydrogen) atoms. The second-order valence-corrected chi connectivity index (χ2v) is 10.6. The van der Waals surface area contributed by atoms with Gasteiger partial charge in [-0.2, -0.15) is 4.31 Å². The van der Waals surface area contributed by atoms with Crippen molar-refractivity contribution in [3.63, 3.8) is 0 Å². The van der Waals surface area contributed by atoms with Gasteiger partial charge in [-0.3, -0.25) is 9.59 Å². The predicted molar refractivity (Wildman–Crippen MR) is 113 cm³/mol. The average Bonchev–Trinajstić information content (AvgIpc) is 2.79. The molecule has 10 nitrogen and oxygen atoms in total. The van der Waals surface area contributed by atoms with Gasteiger partial charge in [-0.05, 0) is 55.6 Å². The molecule has 2 N–H and O–H groups in total. The standard InChI is InChI=1S/C19H22N4O6S2/c1-20-30(26,27)17-8-4-16(5-9-17)21-19(25)15-2-6-18(7-3-15)31(28,29)23-12-10-22(14-24)11-13-23/h2-9,14,20H,10-13H2,1H3,(H,21,25). The van der Waals surface area contributed by atoms with Crippen molar-refractivity contribution in [2.75, 3.05) is 38.5 Å². The topological polar surface area (TPSA) is 133 Å². The minimum atomic E-state index is -3.72. The third-order valence-electron chi connectivity index (χ3n) is 4.87. The molecule has 2 amide bonds. The summed E-state index contributed by atoms with van der Waals surface area (Å²) in [5, 5.41) is 2.64. The number of carbonyl (C=O) groups excluding carboxylic acids is 2. The molecule has 2 aromatic rings. The Balaban J connectivity index is 1.68. The Morgan fingerprint density at radius 3 is 1.94 bits per heavy atom. The second-order valence-electron chi connectivity index (χ2n) is 6.76. The quantitative estimate of drug-likeness (QED) is 0.565. The van der Waals surface area contributed by atoms with Crippen LogP contribution in [0.2, 0.25) is 0 Å². The third-order valence-corrected chi connectivity index (χ3v) is 8.21. The number of hydrogen-bond donors (Lipinski definition) is 2. The van der Waals surface area contributed by atoms with Gasteiger partial charge in [0.25, 0.3) is 5.91 Å². The zero-order valence-electron chi connectivity index (χ0n) is 16.7. The first-order chi connectivity index (χ1) is 14.7. The lowest BCUT2D eigenvalue weighted by atomic mass is 10.2. The smallest absolute Gasteiger partial charge is 0.255 e. The summed E-state index contributed by atoms with van der Waals surface area (Å²) < 4.78 is 52.5. The molecule has 12 heteroatoms. The molecule has 0 aliphatic carbocycles. The molecular weight excluding hydrogens is 444 g/mol. The van der Waals surface area contributed by atoms with Crippen molar-refractivity contribution in [1.29, 1.82) is 0 Å². The van der Waals surface area contributed by atoms with Crippen LogP contribution in [0.1, 0.15) is 10.4 Å². The Morgan fingerprint density at radius 1 is 0.871 bits per heavy atom. The highest BCUT2D eigenvalue weighted by molar-refractivity contribution is 7.89. The van der Waals surface area contributed by atoms with Gasteiger partial charge in [-0.25, -0.2) is 21.6 Å². The lowest BCUT2D eigenvalue weighted by Crippen LogP contribution is -2.47. The van der Waals surface area contributed by atoms with Crippen LogP contribution in [-0.4, -0.2) is 71.6 Å². The summed E-state index contributed by atoms with van der Waals surface area (Å²) in [6.07, 6.45) is 0.699. The molecule has 1 heterocycles. The zero-order valence-corrected chi connectivity index (χ0v) is 18.3. The van der Waals surface area contributed by atoms with Crippen LogP contribution in [0.15, 0.2) is 58.3 Å². The van der Waals surface area contributed by atoms with Gasteiger partial charge in [-0.15, -0.1) is 0 Å². The van der Waals surface area contributed by atoms with Crippen molar-refractivity contribution >= 4 is 38.1 Å². The second kappa shape index (κ2) is 9.14. The van der Waals surface area contributed by atoms with E-state index in [1.54, 1.807) is 0 Å². The molecule has 0 atom stereocenters. The SMILES string of the molecule is CNS(=O)(=O)c1ccc(NC(=O)c2ccc(S(=O)(=O)N3CCN(C=O)CC3)cc2)cc1. The fraction of sp³-hybridized carbons (Fsp3) is 0.263. The van der Waals surface area contributed by atoms with Crippen molar-refractivity contribution < 1.29 is 26.4 Å². The Kier molecular flexibility index (Phi) is 6.74. The van der Waals surface area contributed by atoms with Crippen LogP contribution in [0.25, 0.3) is 0 Å². The summed E-state index contributed by atoms with van der Waals surface area (Å²) >= 11 is 0. The maximum atomic E-state index is 12.8. The maximum absolute atomic E-state index is 12.8. The third kappa shape index (κ3) is 5.10. The summed E-state index contributed by atoms with van der Waals surface area (Å²) in [6.45, 7) is 1.08. The molecule has 0 aromatic heterocycles. The van der Waals surface area contributed by atoms with E-state index in [4.69, 9.17) is 0 Å². The first-order valence-corrected chi connectivity index (χ1v) is 12.2. The van der Waals surface area contributed by atoms with Gasteiger partial charge in [-0.1, -0.05) is 0 Å². The van der Waals surface area contributed by atoms with E-state index in [0.717, 1.165) is 0 Å². The lowest BCUT2D eigenvalue weighted by Gasteiger charge is -2.31. The van der Waals surface area contributed by atoms with Crippen molar-refractivity contribution in [3.8, 4) is 0 Å². The predicted octanol–water partition coefficient (Wildman–Crippen LogP) is 0.310. The first-order valence-electron chi connectivity index (χ1n) is 9.32. The van der Waals surface area contributed by atoms with Gasteiger partial charge in [0.1, 0.15) is 0 Å². The summed E-state index contributed by atoms with van der Waals surface area (Å²) in [6, 6.07) is 11.2. The maximum Gasteiger partial charge on any atom is 0.255 e. The van der Waals surface area contributed by atoms with E-state index in [1.807, 2.05) is 0 Å². The van der Waals surface area contributed by atoms with Gasteiger partial charge in [0.15, 0.2) is 0 Å². The molecular formula is C19H22N4O6S2. The summed E-state index contributed by atoms with van der Waals surface area (Å²) in [7, 11) is -5.99. The highest BCUT2D eigenvalue weighted by Crippen LogP contribution is 2.19. The van der Waals surface area contributed by atoms with E-state index in [0.29, 0.717) is 25.2 Å². The van der Waals surface area contributed by atoms with E-state index in [2.05, 4.69) is 10.0 Å². The van der Waals surface area contributed by atoms with Crippen LogP contribution in [0.5, 0.6) is 0 Å².